The van der Waals surface area contributed by atoms with Crippen LogP contribution >= 0.6 is 0 Å². The summed E-state index contributed by atoms with van der Waals surface area (Å²) in [6, 6.07) is 7.84. The quantitative estimate of drug-likeness (QED) is 0.829. The molecule has 1 aromatic carbocycles. The van der Waals surface area contributed by atoms with E-state index >= 15 is 0 Å². The van der Waals surface area contributed by atoms with E-state index in [4.69, 9.17) is 14.2 Å². The molecule has 3 unspecified atom stereocenters. The van der Waals surface area contributed by atoms with Crippen molar-refractivity contribution < 1.29 is 19.0 Å². The van der Waals surface area contributed by atoms with E-state index < -0.39 is 0 Å². The molecule has 5 heteroatoms. The Morgan fingerprint density at radius 1 is 1.29 bits per heavy atom. The van der Waals surface area contributed by atoms with Gasteiger partial charge in [0.25, 0.3) is 0 Å². The van der Waals surface area contributed by atoms with Crippen LogP contribution in [0.15, 0.2) is 24.3 Å². The van der Waals surface area contributed by atoms with Gasteiger partial charge >= 0.3 is 0 Å². The zero-order valence-corrected chi connectivity index (χ0v) is 14.6. The van der Waals surface area contributed by atoms with Crippen molar-refractivity contribution in [3.05, 3.63) is 29.8 Å². The molecule has 0 spiro atoms. The van der Waals surface area contributed by atoms with E-state index in [1.54, 1.807) is 14.2 Å². The summed E-state index contributed by atoms with van der Waals surface area (Å²) in [5.41, 5.74) is 0.935. The van der Waals surface area contributed by atoms with E-state index in [-0.39, 0.29) is 18.1 Å². The van der Waals surface area contributed by atoms with Crippen LogP contribution in [0.1, 0.15) is 24.8 Å². The van der Waals surface area contributed by atoms with Gasteiger partial charge in [-0.3, -0.25) is 4.79 Å². The molecule has 1 aromatic rings. The van der Waals surface area contributed by atoms with Gasteiger partial charge in [0.05, 0.1) is 38.9 Å². The fourth-order valence-corrected chi connectivity index (χ4v) is 4.09. The number of carbonyl (C=O) groups is 1. The van der Waals surface area contributed by atoms with Crippen molar-refractivity contribution in [3.8, 4) is 5.75 Å². The molecule has 1 heterocycles. The van der Waals surface area contributed by atoms with Crippen LogP contribution in [0.5, 0.6) is 5.75 Å². The number of methoxy groups -OCH3 is 2. The molecule has 1 amide bonds. The largest absolute Gasteiger partial charge is 0.496 e. The highest BCUT2D eigenvalue weighted by Gasteiger charge is 2.40. The Kier molecular flexibility index (Phi) is 5.74. The van der Waals surface area contributed by atoms with Crippen molar-refractivity contribution in [1.82, 2.24) is 4.90 Å². The van der Waals surface area contributed by atoms with Gasteiger partial charge in [-0.15, -0.1) is 0 Å². The average molecular weight is 333 g/mol. The molecule has 132 valence electrons. The topological polar surface area (TPSA) is 48.0 Å². The Morgan fingerprint density at radius 2 is 2.12 bits per heavy atom. The fourth-order valence-electron chi connectivity index (χ4n) is 4.09. The number of benzene rings is 1. The van der Waals surface area contributed by atoms with Gasteiger partial charge in [-0.1, -0.05) is 24.6 Å². The van der Waals surface area contributed by atoms with Crippen molar-refractivity contribution in [3.63, 3.8) is 0 Å². The Hall–Kier alpha value is -1.59. The highest BCUT2D eigenvalue weighted by Crippen LogP contribution is 2.34. The molecule has 0 bridgehead atoms. The van der Waals surface area contributed by atoms with Crippen LogP contribution in [0.3, 0.4) is 0 Å². The molecule has 1 aliphatic heterocycles. The number of para-hydroxylation sites is 1. The average Bonchev–Trinajstić information content (AvgIpc) is 3.10. The number of amides is 1. The molecule has 0 radical (unpaired) electrons. The Bertz CT molecular complexity index is 562. The number of rotatable bonds is 5. The lowest BCUT2D eigenvalue weighted by atomic mass is 9.93. The molecular weight excluding hydrogens is 306 g/mol. The van der Waals surface area contributed by atoms with Gasteiger partial charge in [-0.05, 0) is 18.9 Å². The number of morpholine rings is 1. The number of hydrogen-bond acceptors (Lipinski definition) is 4. The Balaban J connectivity index is 1.74. The third-order valence-corrected chi connectivity index (χ3v) is 5.32. The van der Waals surface area contributed by atoms with Gasteiger partial charge in [0.2, 0.25) is 5.91 Å². The first kappa shape index (κ1) is 17.2. The minimum Gasteiger partial charge on any atom is -0.496 e. The summed E-state index contributed by atoms with van der Waals surface area (Å²) in [5, 5.41) is 0. The Morgan fingerprint density at radius 3 is 2.92 bits per heavy atom. The number of carbonyl (C=O) groups excluding carboxylic acids is 1. The lowest BCUT2D eigenvalue weighted by Crippen LogP contribution is -2.54. The normalized spacial score (nSPS) is 27.2. The predicted octanol–water partition coefficient (Wildman–Crippen LogP) is 2.28. The summed E-state index contributed by atoms with van der Waals surface area (Å²) in [5.74, 6) is 1.29. The van der Waals surface area contributed by atoms with Crippen LogP contribution in [-0.2, 0) is 20.7 Å². The summed E-state index contributed by atoms with van der Waals surface area (Å²) in [6.07, 6.45) is 3.94. The molecule has 5 nitrogen and oxygen atoms in total. The second-order valence-corrected chi connectivity index (χ2v) is 6.59. The second kappa shape index (κ2) is 7.99. The second-order valence-electron chi connectivity index (χ2n) is 6.59. The number of ether oxygens (including phenoxy) is 3. The summed E-state index contributed by atoms with van der Waals surface area (Å²) in [6.45, 7) is 1.88. The lowest BCUT2D eigenvalue weighted by Gasteiger charge is -2.40. The molecule has 1 aliphatic carbocycles. The number of nitrogens with zero attached hydrogens (tertiary/aromatic N) is 1. The van der Waals surface area contributed by atoms with Crippen LogP contribution in [-0.4, -0.2) is 56.9 Å². The van der Waals surface area contributed by atoms with E-state index in [0.717, 1.165) is 30.6 Å². The molecule has 1 saturated heterocycles. The van der Waals surface area contributed by atoms with Crippen molar-refractivity contribution in [2.24, 2.45) is 5.92 Å². The molecule has 3 atom stereocenters. The maximum atomic E-state index is 13.0. The van der Waals surface area contributed by atoms with Crippen molar-refractivity contribution in [1.29, 1.82) is 0 Å². The third-order valence-electron chi connectivity index (χ3n) is 5.32. The number of hydrogen-bond donors (Lipinski definition) is 0. The van der Waals surface area contributed by atoms with Gasteiger partial charge in [-0.25, -0.2) is 0 Å². The zero-order valence-electron chi connectivity index (χ0n) is 14.6. The van der Waals surface area contributed by atoms with Crippen LogP contribution in [0, 0.1) is 5.92 Å². The summed E-state index contributed by atoms with van der Waals surface area (Å²) in [4.78, 5) is 15.0. The highest BCUT2D eigenvalue weighted by molar-refractivity contribution is 5.80. The smallest absolute Gasteiger partial charge is 0.227 e. The minimum atomic E-state index is 0.119. The SMILES string of the molecule is COc1ccccc1CC(=O)N1CCOCC1C1CCCC1OC. The first-order chi connectivity index (χ1) is 11.7. The van der Waals surface area contributed by atoms with Crippen LogP contribution in [0.2, 0.25) is 0 Å². The maximum Gasteiger partial charge on any atom is 0.227 e. The standard InChI is InChI=1S/C19H27NO4/c1-22-17-8-4-3-6-14(17)12-19(21)20-10-11-24-13-16(20)15-7-5-9-18(15)23-2/h3-4,6,8,15-16,18H,5,7,9-13H2,1-2H3. The predicted molar refractivity (Wildman–Crippen MR) is 91.2 cm³/mol. The van der Waals surface area contributed by atoms with Crippen molar-refractivity contribution >= 4 is 5.91 Å². The molecule has 3 rings (SSSR count). The molecule has 1 saturated carbocycles. The maximum absolute atomic E-state index is 13.0. The fraction of sp³-hybridized carbons (Fsp3) is 0.632. The van der Waals surface area contributed by atoms with E-state index in [9.17, 15) is 4.79 Å². The van der Waals surface area contributed by atoms with E-state index in [2.05, 4.69) is 0 Å². The lowest BCUT2D eigenvalue weighted by molar-refractivity contribution is -0.143. The van der Waals surface area contributed by atoms with Crippen molar-refractivity contribution in [2.45, 2.75) is 37.8 Å². The van der Waals surface area contributed by atoms with Crippen LogP contribution in [0.25, 0.3) is 0 Å². The van der Waals surface area contributed by atoms with Crippen LogP contribution < -0.4 is 4.74 Å². The van der Waals surface area contributed by atoms with Gasteiger partial charge < -0.3 is 19.1 Å². The molecule has 0 aromatic heterocycles. The first-order valence-corrected chi connectivity index (χ1v) is 8.76. The molecular formula is C19H27NO4. The summed E-state index contributed by atoms with van der Waals surface area (Å²) < 4.78 is 16.7. The van der Waals surface area contributed by atoms with Crippen molar-refractivity contribution in [2.75, 3.05) is 34.0 Å². The first-order valence-electron chi connectivity index (χ1n) is 8.76. The summed E-state index contributed by atoms with van der Waals surface area (Å²) >= 11 is 0. The van der Waals surface area contributed by atoms with E-state index in [0.29, 0.717) is 32.1 Å². The summed E-state index contributed by atoms with van der Waals surface area (Å²) in [7, 11) is 3.41. The van der Waals surface area contributed by atoms with Gasteiger partial charge in [-0.2, -0.15) is 0 Å². The molecule has 2 aliphatic rings. The van der Waals surface area contributed by atoms with Gasteiger partial charge in [0, 0.05) is 25.1 Å². The van der Waals surface area contributed by atoms with E-state index in [1.807, 2.05) is 29.2 Å². The zero-order chi connectivity index (χ0) is 16.9. The minimum absolute atomic E-state index is 0.119. The van der Waals surface area contributed by atoms with E-state index in [1.165, 1.54) is 0 Å². The van der Waals surface area contributed by atoms with Crippen LogP contribution in [0.4, 0.5) is 0 Å². The van der Waals surface area contributed by atoms with Gasteiger partial charge in [0.15, 0.2) is 0 Å². The molecule has 2 fully saturated rings. The molecule has 0 N–H and O–H groups in total. The monoisotopic (exact) mass is 333 g/mol. The third kappa shape index (κ3) is 3.57. The molecule has 24 heavy (non-hydrogen) atoms. The Labute approximate surface area is 143 Å². The van der Waals surface area contributed by atoms with Gasteiger partial charge in [0.1, 0.15) is 5.75 Å². The highest BCUT2D eigenvalue weighted by atomic mass is 16.5.